The number of hydrogen-bond donors (Lipinski definition) is 1. The lowest BCUT2D eigenvalue weighted by Crippen LogP contribution is -2.53. The molecule has 8 heteroatoms. The number of amides is 1. The fourth-order valence-electron chi connectivity index (χ4n) is 2.81. The van der Waals surface area contributed by atoms with E-state index in [4.69, 9.17) is 14.2 Å². The van der Waals surface area contributed by atoms with Crippen LogP contribution < -0.4 is 5.32 Å². The van der Waals surface area contributed by atoms with Gasteiger partial charge in [-0.15, -0.1) is 0 Å². The Morgan fingerprint density at radius 2 is 2.12 bits per heavy atom. The summed E-state index contributed by atoms with van der Waals surface area (Å²) < 4.78 is 16.7. The van der Waals surface area contributed by atoms with Crippen molar-refractivity contribution in [1.29, 1.82) is 0 Å². The van der Waals surface area contributed by atoms with E-state index in [1.54, 1.807) is 26.1 Å². The van der Waals surface area contributed by atoms with Gasteiger partial charge < -0.3 is 29.3 Å². The number of aliphatic imine (C=N–C) groups is 1. The van der Waals surface area contributed by atoms with Gasteiger partial charge >= 0.3 is 0 Å². The fraction of sp³-hybridized carbons (Fsp3) is 0.875. The van der Waals surface area contributed by atoms with E-state index in [0.717, 1.165) is 38.5 Å². The average Bonchev–Trinajstić information content (AvgIpc) is 3.12. The van der Waals surface area contributed by atoms with Crippen molar-refractivity contribution in [3.8, 4) is 0 Å². The van der Waals surface area contributed by atoms with Crippen molar-refractivity contribution in [1.82, 2.24) is 15.1 Å². The van der Waals surface area contributed by atoms with Crippen molar-refractivity contribution in [2.24, 2.45) is 4.99 Å². The predicted molar refractivity (Wildman–Crippen MR) is 91.2 cm³/mol. The maximum atomic E-state index is 11.8. The average molecular weight is 342 g/mol. The molecule has 0 radical (unpaired) electrons. The molecule has 0 spiro atoms. The molecule has 138 valence electrons. The van der Waals surface area contributed by atoms with Crippen LogP contribution in [0.4, 0.5) is 0 Å². The van der Waals surface area contributed by atoms with Crippen LogP contribution >= 0.6 is 0 Å². The van der Waals surface area contributed by atoms with Gasteiger partial charge in [-0.1, -0.05) is 0 Å². The van der Waals surface area contributed by atoms with Gasteiger partial charge in [0.25, 0.3) is 0 Å². The van der Waals surface area contributed by atoms with Gasteiger partial charge in [-0.2, -0.15) is 0 Å². The van der Waals surface area contributed by atoms with Crippen molar-refractivity contribution < 1.29 is 19.0 Å². The number of ether oxygens (including phenoxy) is 3. The molecule has 2 aliphatic rings. The molecule has 0 aromatic rings. The molecule has 2 heterocycles. The Morgan fingerprint density at radius 1 is 1.33 bits per heavy atom. The Bertz CT molecular complexity index is 424. The molecule has 2 rings (SSSR count). The lowest BCUT2D eigenvalue weighted by atomic mass is 10.1. The van der Waals surface area contributed by atoms with E-state index in [9.17, 15) is 4.79 Å². The third-order valence-corrected chi connectivity index (χ3v) is 4.22. The molecule has 8 nitrogen and oxygen atoms in total. The smallest absolute Gasteiger partial charge is 0.243 e. The van der Waals surface area contributed by atoms with E-state index >= 15 is 0 Å². The van der Waals surface area contributed by atoms with E-state index in [1.165, 1.54) is 0 Å². The highest BCUT2D eigenvalue weighted by molar-refractivity contribution is 5.84. The van der Waals surface area contributed by atoms with Crippen molar-refractivity contribution in [2.45, 2.75) is 25.0 Å². The molecule has 1 amide bonds. The van der Waals surface area contributed by atoms with Crippen LogP contribution in [0.2, 0.25) is 0 Å². The summed E-state index contributed by atoms with van der Waals surface area (Å²) in [6.45, 7) is 4.28. The van der Waals surface area contributed by atoms with Gasteiger partial charge in [0.1, 0.15) is 12.6 Å². The number of methoxy groups -OCH3 is 1. The van der Waals surface area contributed by atoms with E-state index in [-0.39, 0.29) is 24.7 Å². The number of guanidine groups is 1. The Labute approximate surface area is 144 Å². The summed E-state index contributed by atoms with van der Waals surface area (Å²) in [4.78, 5) is 20.0. The number of nitrogens with zero attached hydrogens (tertiary/aromatic N) is 3. The molecule has 0 saturated carbocycles. The molecule has 2 unspecified atom stereocenters. The van der Waals surface area contributed by atoms with Crippen LogP contribution in [0.1, 0.15) is 12.8 Å². The van der Waals surface area contributed by atoms with Crippen molar-refractivity contribution >= 4 is 11.9 Å². The van der Waals surface area contributed by atoms with Gasteiger partial charge in [0.2, 0.25) is 5.91 Å². The summed E-state index contributed by atoms with van der Waals surface area (Å²) >= 11 is 0. The molecular weight excluding hydrogens is 312 g/mol. The summed E-state index contributed by atoms with van der Waals surface area (Å²) in [6, 6.07) is 0. The molecule has 1 N–H and O–H groups in total. The minimum absolute atomic E-state index is 0.0232. The quantitative estimate of drug-likeness (QED) is 0.400. The van der Waals surface area contributed by atoms with Gasteiger partial charge in [-0.25, -0.2) is 4.99 Å². The Morgan fingerprint density at radius 3 is 2.79 bits per heavy atom. The zero-order valence-electron chi connectivity index (χ0n) is 15.0. The van der Waals surface area contributed by atoms with Gasteiger partial charge in [0.05, 0.1) is 19.3 Å². The summed E-state index contributed by atoms with van der Waals surface area (Å²) in [5.74, 6) is 0.707. The van der Waals surface area contributed by atoms with Crippen LogP contribution in [0.25, 0.3) is 0 Å². The summed E-state index contributed by atoms with van der Waals surface area (Å²) in [6.07, 6.45) is 2.35. The monoisotopic (exact) mass is 342 g/mol. The van der Waals surface area contributed by atoms with E-state index < -0.39 is 0 Å². The Kier molecular flexibility index (Phi) is 7.74. The normalized spacial score (nSPS) is 25.0. The minimum Gasteiger partial charge on any atom is -0.383 e. The highest BCUT2D eigenvalue weighted by Gasteiger charge is 2.32. The van der Waals surface area contributed by atoms with E-state index in [2.05, 4.69) is 15.2 Å². The van der Waals surface area contributed by atoms with Gasteiger partial charge in [0, 0.05) is 47.4 Å². The lowest BCUT2D eigenvalue weighted by Gasteiger charge is -2.37. The number of carbonyl (C=O) groups is 1. The number of carbonyl (C=O) groups excluding carboxylic acids is 1. The van der Waals surface area contributed by atoms with Crippen LogP contribution in [0.5, 0.6) is 0 Å². The zero-order valence-corrected chi connectivity index (χ0v) is 15.0. The van der Waals surface area contributed by atoms with Crippen molar-refractivity contribution in [3.63, 3.8) is 0 Å². The highest BCUT2D eigenvalue weighted by Crippen LogP contribution is 2.21. The van der Waals surface area contributed by atoms with Crippen LogP contribution in [-0.2, 0) is 19.0 Å². The standard InChI is InChI=1S/C16H30N4O4/c1-19(2)15(21)11-18-16(17-6-9-22-3)20-7-10-24-14(12-20)13-5-4-8-23-13/h13-14H,4-12H2,1-3H3,(H,17,18). The summed E-state index contributed by atoms with van der Waals surface area (Å²) in [5.41, 5.74) is 0. The molecule has 0 aromatic carbocycles. The first kappa shape index (κ1) is 19.0. The third-order valence-electron chi connectivity index (χ3n) is 4.22. The molecule has 2 aliphatic heterocycles. The van der Waals surface area contributed by atoms with Crippen LogP contribution in [0, 0.1) is 0 Å². The first-order chi connectivity index (χ1) is 11.6. The predicted octanol–water partition coefficient (Wildman–Crippen LogP) is -0.454. The molecule has 0 bridgehead atoms. The van der Waals surface area contributed by atoms with Crippen LogP contribution in [-0.4, -0.2) is 101 Å². The second kappa shape index (κ2) is 9.80. The maximum Gasteiger partial charge on any atom is 0.243 e. The Balaban J connectivity index is 1.98. The first-order valence-electron chi connectivity index (χ1n) is 8.57. The molecular formula is C16H30N4O4. The van der Waals surface area contributed by atoms with Crippen LogP contribution in [0.3, 0.4) is 0 Å². The molecule has 2 fully saturated rings. The van der Waals surface area contributed by atoms with Gasteiger partial charge in [-0.05, 0) is 12.8 Å². The van der Waals surface area contributed by atoms with E-state index in [0.29, 0.717) is 19.8 Å². The van der Waals surface area contributed by atoms with Gasteiger partial charge in [0.15, 0.2) is 5.96 Å². The first-order valence-corrected chi connectivity index (χ1v) is 8.57. The number of morpholine rings is 1. The molecule has 24 heavy (non-hydrogen) atoms. The largest absolute Gasteiger partial charge is 0.383 e. The molecule has 2 atom stereocenters. The van der Waals surface area contributed by atoms with Crippen molar-refractivity contribution in [3.05, 3.63) is 0 Å². The molecule has 0 aliphatic carbocycles. The fourth-order valence-corrected chi connectivity index (χ4v) is 2.81. The van der Waals surface area contributed by atoms with Crippen molar-refractivity contribution in [2.75, 3.05) is 67.2 Å². The number of hydrogen-bond acceptors (Lipinski definition) is 5. The SMILES string of the molecule is COCCNC(=NCC(=O)N(C)C)N1CCOC(C2CCCO2)C1. The van der Waals surface area contributed by atoms with Gasteiger partial charge in [-0.3, -0.25) is 4.79 Å². The highest BCUT2D eigenvalue weighted by atomic mass is 16.5. The number of rotatable bonds is 6. The summed E-state index contributed by atoms with van der Waals surface area (Å²) in [5, 5.41) is 3.28. The zero-order chi connectivity index (χ0) is 17.4. The van der Waals surface area contributed by atoms with Crippen LogP contribution in [0.15, 0.2) is 4.99 Å². The number of nitrogens with one attached hydrogen (secondary N) is 1. The maximum absolute atomic E-state index is 11.8. The Hall–Kier alpha value is -1.38. The third kappa shape index (κ3) is 5.61. The second-order valence-corrected chi connectivity index (χ2v) is 6.25. The molecule has 0 aromatic heterocycles. The number of likely N-dealkylation sites (N-methyl/N-ethyl adjacent to an activating group) is 1. The summed E-state index contributed by atoms with van der Waals surface area (Å²) in [7, 11) is 5.13. The second-order valence-electron chi connectivity index (χ2n) is 6.25. The van der Waals surface area contributed by atoms with E-state index in [1.807, 2.05) is 0 Å². The molecule has 2 saturated heterocycles. The lowest BCUT2D eigenvalue weighted by molar-refractivity contribution is -0.127. The minimum atomic E-state index is -0.0232. The topological polar surface area (TPSA) is 75.6 Å².